The third-order valence-corrected chi connectivity index (χ3v) is 3.67. The van der Waals surface area contributed by atoms with Crippen LogP contribution in [-0.4, -0.2) is 12.5 Å². The number of amides is 1. The average molecular weight is 276 g/mol. The Morgan fingerprint density at radius 3 is 2.30 bits per heavy atom. The zero-order valence-electron chi connectivity index (χ0n) is 13.4. The number of nitrogens with two attached hydrogens (primary N) is 1. The molecule has 0 aliphatic rings. The van der Waals surface area contributed by atoms with Crippen molar-refractivity contribution < 1.29 is 4.79 Å². The lowest BCUT2D eigenvalue weighted by Gasteiger charge is -2.18. The third-order valence-electron chi connectivity index (χ3n) is 3.67. The summed E-state index contributed by atoms with van der Waals surface area (Å²) in [7, 11) is 0. The Balaban J connectivity index is 2.97. The number of anilines is 1. The maximum Gasteiger partial charge on any atom is 0.227 e. The molecule has 0 bridgehead atoms. The van der Waals surface area contributed by atoms with Gasteiger partial charge in [0.25, 0.3) is 0 Å². The molecular formula is C17H28N2O. The van der Waals surface area contributed by atoms with Gasteiger partial charge in [0.05, 0.1) is 0 Å². The summed E-state index contributed by atoms with van der Waals surface area (Å²) in [6.45, 7) is 11.1. The van der Waals surface area contributed by atoms with Gasteiger partial charge < -0.3 is 11.1 Å². The first-order chi connectivity index (χ1) is 9.36. The van der Waals surface area contributed by atoms with Crippen LogP contribution in [0.2, 0.25) is 0 Å². The van der Waals surface area contributed by atoms with Gasteiger partial charge in [0.2, 0.25) is 5.91 Å². The lowest BCUT2D eigenvalue weighted by Crippen LogP contribution is -2.23. The maximum absolute atomic E-state index is 12.1. The predicted octanol–water partition coefficient (Wildman–Crippen LogP) is 3.86. The number of carbonyl (C=O) groups excluding carboxylic acids is 1. The molecule has 0 radical (unpaired) electrons. The first-order valence-electron chi connectivity index (χ1n) is 7.51. The SMILES string of the molecule is CC(CCN)C(=O)Nc1ccc(C(C)C)cc1C(C)C. The van der Waals surface area contributed by atoms with Gasteiger partial charge in [0.1, 0.15) is 0 Å². The summed E-state index contributed by atoms with van der Waals surface area (Å²) in [6, 6.07) is 6.33. The zero-order chi connectivity index (χ0) is 15.3. The molecule has 0 fully saturated rings. The van der Waals surface area contributed by atoms with Crippen molar-refractivity contribution in [2.45, 2.75) is 52.9 Å². The van der Waals surface area contributed by atoms with Gasteiger partial charge in [-0.1, -0.05) is 46.8 Å². The summed E-state index contributed by atoms with van der Waals surface area (Å²) in [5.41, 5.74) is 8.95. The quantitative estimate of drug-likeness (QED) is 0.829. The predicted molar refractivity (Wildman–Crippen MR) is 86.1 cm³/mol. The normalized spacial score (nSPS) is 12.8. The van der Waals surface area contributed by atoms with Crippen LogP contribution in [0.5, 0.6) is 0 Å². The van der Waals surface area contributed by atoms with Gasteiger partial charge in [-0.3, -0.25) is 4.79 Å². The van der Waals surface area contributed by atoms with Crippen molar-refractivity contribution in [2.75, 3.05) is 11.9 Å². The van der Waals surface area contributed by atoms with Crippen molar-refractivity contribution >= 4 is 11.6 Å². The van der Waals surface area contributed by atoms with E-state index in [1.807, 2.05) is 13.0 Å². The van der Waals surface area contributed by atoms with Crippen molar-refractivity contribution in [2.24, 2.45) is 11.7 Å². The van der Waals surface area contributed by atoms with Gasteiger partial charge in [-0.2, -0.15) is 0 Å². The minimum atomic E-state index is -0.0511. The van der Waals surface area contributed by atoms with Crippen LogP contribution in [0, 0.1) is 5.92 Å². The lowest BCUT2D eigenvalue weighted by molar-refractivity contribution is -0.119. The van der Waals surface area contributed by atoms with Crippen LogP contribution in [0.3, 0.4) is 0 Å². The highest BCUT2D eigenvalue weighted by molar-refractivity contribution is 5.93. The minimum Gasteiger partial charge on any atom is -0.330 e. The molecule has 0 heterocycles. The molecule has 0 spiro atoms. The van der Waals surface area contributed by atoms with E-state index in [-0.39, 0.29) is 11.8 Å². The third kappa shape index (κ3) is 4.34. The molecule has 1 aromatic carbocycles. The molecule has 0 saturated carbocycles. The Morgan fingerprint density at radius 2 is 1.80 bits per heavy atom. The van der Waals surface area contributed by atoms with Crippen LogP contribution < -0.4 is 11.1 Å². The van der Waals surface area contributed by atoms with Crippen LogP contribution in [0.4, 0.5) is 5.69 Å². The first kappa shape index (κ1) is 16.7. The smallest absolute Gasteiger partial charge is 0.227 e. The summed E-state index contributed by atoms with van der Waals surface area (Å²) in [4.78, 5) is 12.1. The molecule has 3 nitrogen and oxygen atoms in total. The second-order valence-electron chi connectivity index (χ2n) is 6.12. The number of rotatable bonds is 6. The zero-order valence-corrected chi connectivity index (χ0v) is 13.4. The molecule has 0 aromatic heterocycles. The lowest BCUT2D eigenvalue weighted by atomic mass is 9.94. The van der Waals surface area contributed by atoms with Gasteiger partial charge >= 0.3 is 0 Å². The Morgan fingerprint density at radius 1 is 1.15 bits per heavy atom. The monoisotopic (exact) mass is 276 g/mol. The molecule has 0 saturated heterocycles. The molecular weight excluding hydrogens is 248 g/mol. The van der Waals surface area contributed by atoms with Crippen LogP contribution in [0.1, 0.15) is 64.0 Å². The van der Waals surface area contributed by atoms with Crippen molar-refractivity contribution in [3.8, 4) is 0 Å². The molecule has 0 aliphatic heterocycles. The van der Waals surface area contributed by atoms with Crippen molar-refractivity contribution in [3.63, 3.8) is 0 Å². The molecule has 20 heavy (non-hydrogen) atoms. The first-order valence-corrected chi connectivity index (χ1v) is 7.51. The van der Waals surface area contributed by atoms with E-state index < -0.39 is 0 Å². The van der Waals surface area contributed by atoms with Gasteiger partial charge in [-0.25, -0.2) is 0 Å². The molecule has 1 aromatic rings. The summed E-state index contributed by atoms with van der Waals surface area (Å²) >= 11 is 0. The molecule has 1 rings (SSSR count). The van der Waals surface area contributed by atoms with E-state index in [2.05, 4.69) is 45.1 Å². The Labute approximate surface area is 122 Å². The van der Waals surface area contributed by atoms with E-state index in [9.17, 15) is 4.79 Å². The fraction of sp³-hybridized carbons (Fsp3) is 0.588. The molecule has 3 heteroatoms. The van der Waals surface area contributed by atoms with E-state index in [1.165, 1.54) is 11.1 Å². The summed E-state index contributed by atoms with van der Waals surface area (Å²) < 4.78 is 0. The van der Waals surface area contributed by atoms with Gasteiger partial charge in [-0.05, 0) is 42.0 Å². The highest BCUT2D eigenvalue weighted by atomic mass is 16.1. The maximum atomic E-state index is 12.1. The molecule has 1 atom stereocenters. The van der Waals surface area contributed by atoms with Crippen molar-refractivity contribution in [1.82, 2.24) is 0 Å². The number of nitrogens with one attached hydrogen (secondary N) is 1. The fourth-order valence-corrected chi connectivity index (χ4v) is 2.17. The molecule has 0 aliphatic carbocycles. The van der Waals surface area contributed by atoms with E-state index >= 15 is 0 Å². The number of hydrogen-bond acceptors (Lipinski definition) is 2. The Hall–Kier alpha value is -1.35. The second kappa shape index (κ2) is 7.44. The van der Waals surface area contributed by atoms with E-state index in [0.717, 1.165) is 5.69 Å². The van der Waals surface area contributed by atoms with Crippen LogP contribution in [0.25, 0.3) is 0 Å². The summed E-state index contributed by atoms with van der Waals surface area (Å²) in [5.74, 6) is 0.877. The second-order valence-corrected chi connectivity index (χ2v) is 6.12. The van der Waals surface area contributed by atoms with E-state index in [4.69, 9.17) is 5.73 Å². The minimum absolute atomic E-state index is 0.0506. The van der Waals surface area contributed by atoms with E-state index in [1.54, 1.807) is 0 Å². The van der Waals surface area contributed by atoms with Crippen molar-refractivity contribution in [3.05, 3.63) is 29.3 Å². The topological polar surface area (TPSA) is 55.1 Å². The fourth-order valence-electron chi connectivity index (χ4n) is 2.17. The standard InChI is InChI=1S/C17H28N2O/c1-11(2)14-6-7-16(15(10-14)12(3)4)19-17(20)13(5)8-9-18/h6-7,10-13H,8-9,18H2,1-5H3,(H,19,20). The Bertz CT molecular complexity index is 452. The van der Waals surface area contributed by atoms with Gasteiger partial charge in [0.15, 0.2) is 0 Å². The average Bonchev–Trinajstić information content (AvgIpc) is 2.38. The van der Waals surface area contributed by atoms with Crippen LogP contribution in [-0.2, 0) is 4.79 Å². The van der Waals surface area contributed by atoms with Crippen molar-refractivity contribution in [1.29, 1.82) is 0 Å². The highest BCUT2D eigenvalue weighted by Gasteiger charge is 2.15. The number of benzene rings is 1. The molecule has 1 unspecified atom stereocenters. The molecule has 1 amide bonds. The number of carbonyl (C=O) groups is 1. The van der Waals surface area contributed by atoms with Gasteiger partial charge in [-0.15, -0.1) is 0 Å². The van der Waals surface area contributed by atoms with Crippen LogP contribution in [0.15, 0.2) is 18.2 Å². The van der Waals surface area contributed by atoms with Crippen LogP contribution >= 0.6 is 0 Å². The summed E-state index contributed by atoms with van der Waals surface area (Å²) in [5, 5.41) is 3.05. The molecule has 112 valence electrons. The largest absolute Gasteiger partial charge is 0.330 e. The van der Waals surface area contributed by atoms with Gasteiger partial charge in [0, 0.05) is 11.6 Å². The number of hydrogen-bond donors (Lipinski definition) is 2. The van der Waals surface area contributed by atoms with E-state index in [0.29, 0.717) is 24.8 Å². The Kier molecular flexibility index (Phi) is 6.21. The molecule has 3 N–H and O–H groups in total. The highest BCUT2D eigenvalue weighted by Crippen LogP contribution is 2.28. The summed E-state index contributed by atoms with van der Waals surface area (Å²) in [6.07, 6.45) is 0.715.